The van der Waals surface area contributed by atoms with Crippen LogP contribution in [-0.4, -0.2) is 51.6 Å². The Kier molecular flexibility index (Phi) is 4.32. The molecule has 2 saturated heterocycles. The molecule has 7 aliphatic rings. The van der Waals surface area contributed by atoms with E-state index in [2.05, 4.69) is 48.5 Å². The van der Waals surface area contributed by atoms with E-state index in [-0.39, 0.29) is 56.5 Å². The Bertz CT molecular complexity index is 964. The van der Waals surface area contributed by atoms with E-state index in [1.165, 1.54) is 6.42 Å². The third-order valence-corrected chi connectivity index (χ3v) is 14.5. The summed E-state index contributed by atoms with van der Waals surface area (Å²) in [6.07, 6.45) is 5.46. The molecule has 198 valence electrons. The van der Waals surface area contributed by atoms with E-state index >= 15 is 0 Å². The van der Waals surface area contributed by atoms with Crippen LogP contribution in [0.4, 0.5) is 0 Å². The summed E-state index contributed by atoms with van der Waals surface area (Å²) < 4.78 is 13.7. The maximum absolute atomic E-state index is 12.5. The third kappa shape index (κ3) is 2.19. The van der Waals surface area contributed by atoms with E-state index in [1.807, 2.05) is 0 Å². The standard InChI is InChI=1S/C30H48O5/c1-16(2)29-13-17(3)21-25(6)10-11-27-14-28(27)9-8-20(32)24(4,5)22(28)18(31)12-19(27)26(25,7)23(33)30(21,35-29)34-15-29/h16-23,31-33H,8-15H2,1-7H3/t17?,18-,19-,20-,21?,22-,23+,25+,26+,27-,28+,29+,30+/m0/s1. The van der Waals surface area contributed by atoms with Gasteiger partial charge >= 0.3 is 0 Å². The van der Waals surface area contributed by atoms with Crippen LogP contribution in [0, 0.1) is 56.7 Å². The molecule has 0 radical (unpaired) electrons. The van der Waals surface area contributed by atoms with Gasteiger partial charge in [0, 0.05) is 11.3 Å². The molecular formula is C30H48O5. The first-order chi connectivity index (χ1) is 16.2. The highest BCUT2D eigenvalue weighted by atomic mass is 16.8. The lowest BCUT2D eigenvalue weighted by molar-refractivity contribution is -0.297. The minimum atomic E-state index is -0.928. The zero-order chi connectivity index (χ0) is 25.2. The highest BCUT2D eigenvalue weighted by molar-refractivity contribution is 5.35. The van der Waals surface area contributed by atoms with E-state index in [0.717, 1.165) is 38.5 Å². The summed E-state index contributed by atoms with van der Waals surface area (Å²) in [7, 11) is 0. The van der Waals surface area contributed by atoms with Crippen LogP contribution in [0.1, 0.15) is 93.4 Å². The molecule has 3 N–H and O–H groups in total. The van der Waals surface area contributed by atoms with Crippen molar-refractivity contribution in [2.45, 2.75) is 123 Å². The highest BCUT2D eigenvalue weighted by Crippen LogP contribution is 2.90. The van der Waals surface area contributed by atoms with Gasteiger partial charge < -0.3 is 24.8 Å². The Morgan fingerprint density at radius 2 is 1.63 bits per heavy atom. The fraction of sp³-hybridized carbons (Fsp3) is 1.00. The number of aliphatic hydroxyl groups is 3. The van der Waals surface area contributed by atoms with Gasteiger partial charge in [-0.1, -0.05) is 48.5 Å². The molecule has 0 aromatic heterocycles. The summed E-state index contributed by atoms with van der Waals surface area (Å²) >= 11 is 0. The molecule has 2 unspecified atom stereocenters. The van der Waals surface area contributed by atoms with Crippen molar-refractivity contribution in [3.05, 3.63) is 0 Å². The van der Waals surface area contributed by atoms with Crippen molar-refractivity contribution < 1.29 is 24.8 Å². The van der Waals surface area contributed by atoms with Crippen LogP contribution in [0.2, 0.25) is 0 Å². The average Bonchev–Trinajstić information content (AvgIpc) is 3.26. The molecule has 13 atom stereocenters. The normalized spacial score (nSPS) is 65.7. The molecule has 0 aromatic carbocycles. The Labute approximate surface area is 211 Å². The number of fused-ring (bicyclic) bond motifs is 4. The maximum Gasteiger partial charge on any atom is 0.199 e. The fourth-order valence-electron chi connectivity index (χ4n) is 12.8. The first-order valence-electron chi connectivity index (χ1n) is 14.6. The molecule has 0 amide bonds. The van der Waals surface area contributed by atoms with Crippen molar-refractivity contribution in [1.82, 2.24) is 0 Å². The molecule has 2 aliphatic heterocycles. The van der Waals surface area contributed by atoms with Crippen molar-refractivity contribution in [1.29, 1.82) is 0 Å². The summed E-state index contributed by atoms with van der Waals surface area (Å²) in [4.78, 5) is 0. The molecule has 3 spiro atoms. The predicted molar refractivity (Wildman–Crippen MR) is 132 cm³/mol. The van der Waals surface area contributed by atoms with Crippen molar-refractivity contribution in [2.24, 2.45) is 56.7 Å². The van der Waals surface area contributed by atoms with Crippen LogP contribution in [0.5, 0.6) is 0 Å². The van der Waals surface area contributed by atoms with Crippen molar-refractivity contribution in [2.75, 3.05) is 6.61 Å². The summed E-state index contributed by atoms with van der Waals surface area (Å²) in [5.74, 6) is 0.371. The van der Waals surface area contributed by atoms with E-state index in [0.29, 0.717) is 18.4 Å². The van der Waals surface area contributed by atoms with Crippen LogP contribution in [0.3, 0.4) is 0 Å². The molecule has 5 nitrogen and oxygen atoms in total. The quantitative estimate of drug-likeness (QED) is 0.506. The molecule has 5 saturated carbocycles. The van der Waals surface area contributed by atoms with Gasteiger partial charge in [-0.15, -0.1) is 0 Å². The largest absolute Gasteiger partial charge is 0.393 e. The molecule has 35 heavy (non-hydrogen) atoms. The van der Waals surface area contributed by atoms with Crippen molar-refractivity contribution in [3.63, 3.8) is 0 Å². The topological polar surface area (TPSA) is 79.2 Å². The molecule has 2 bridgehead atoms. The smallest absolute Gasteiger partial charge is 0.199 e. The van der Waals surface area contributed by atoms with Crippen molar-refractivity contribution >= 4 is 0 Å². The summed E-state index contributed by atoms with van der Waals surface area (Å²) in [6, 6.07) is 0. The lowest BCUT2D eigenvalue weighted by atomic mass is 9.41. The summed E-state index contributed by atoms with van der Waals surface area (Å²) in [5.41, 5.74) is -0.816. The Morgan fingerprint density at radius 1 is 0.914 bits per heavy atom. The lowest BCUT2D eigenvalue weighted by Gasteiger charge is -2.64. The van der Waals surface area contributed by atoms with Gasteiger partial charge in [-0.25, -0.2) is 0 Å². The summed E-state index contributed by atoms with van der Waals surface area (Å²) in [6.45, 7) is 16.5. The minimum Gasteiger partial charge on any atom is -0.393 e. The van der Waals surface area contributed by atoms with Gasteiger partial charge in [0.05, 0.1) is 24.4 Å². The van der Waals surface area contributed by atoms with Gasteiger partial charge in [0.1, 0.15) is 6.10 Å². The molecule has 0 aromatic rings. The highest BCUT2D eigenvalue weighted by Gasteiger charge is 2.89. The zero-order valence-corrected chi connectivity index (χ0v) is 22.9. The first kappa shape index (κ1) is 23.9. The Morgan fingerprint density at radius 3 is 2.31 bits per heavy atom. The van der Waals surface area contributed by atoms with Gasteiger partial charge in [0.15, 0.2) is 5.79 Å². The first-order valence-corrected chi connectivity index (χ1v) is 14.6. The Balaban J connectivity index is 1.35. The lowest BCUT2D eigenvalue weighted by Crippen LogP contribution is -2.63. The van der Waals surface area contributed by atoms with E-state index < -0.39 is 18.0 Å². The fourth-order valence-corrected chi connectivity index (χ4v) is 12.8. The van der Waals surface area contributed by atoms with Gasteiger partial charge in [0.25, 0.3) is 0 Å². The molecular weight excluding hydrogens is 440 g/mol. The van der Waals surface area contributed by atoms with E-state index in [9.17, 15) is 15.3 Å². The number of aliphatic hydroxyl groups excluding tert-OH is 3. The van der Waals surface area contributed by atoms with E-state index in [4.69, 9.17) is 9.47 Å². The molecule has 5 aliphatic carbocycles. The number of hydrogen-bond donors (Lipinski definition) is 3. The van der Waals surface area contributed by atoms with Crippen molar-refractivity contribution in [3.8, 4) is 0 Å². The van der Waals surface area contributed by atoms with E-state index in [1.54, 1.807) is 0 Å². The summed E-state index contributed by atoms with van der Waals surface area (Å²) in [5, 5.41) is 35.2. The second-order valence-corrected chi connectivity index (χ2v) is 15.8. The predicted octanol–water partition coefficient (Wildman–Crippen LogP) is 4.52. The number of hydrogen-bond acceptors (Lipinski definition) is 5. The van der Waals surface area contributed by atoms with Gasteiger partial charge in [-0.2, -0.15) is 0 Å². The SMILES string of the molecule is CC1C[C@]2(C(C)C)CO[C@@]3(O2)C1[C@@]1(C)CC[C@@]24C[C@@]25CC[C@H](O)C(C)(C)[C@@H]5[C@@H](O)C[C@H]4[C@]1(C)[C@H]3O. The minimum absolute atomic E-state index is 0.0955. The van der Waals surface area contributed by atoms with Crippen LogP contribution < -0.4 is 0 Å². The maximum atomic E-state index is 12.5. The van der Waals surface area contributed by atoms with Gasteiger partial charge in [-0.3, -0.25) is 0 Å². The van der Waals surface area contributed by atoms with Crippen LogP contribution in [0.15, 0.2) is 0 Å². The zero-order valence-electron chi connectivity index (χ0n) is 22.9. The molecule has 2 heterocycles. The van der Waals surface area contributed by atoms with Crippen LogP contribution >= 0.6 is 0 Å². The molecule has 7 rings (SSSR count). The number of ether oxygens (including phenoxy) is 2. The van der Waals surface area contributed by atoms with Crippen LogP contribution in [0.25, 0.3) is 0 Å². The number of rotatable bonds is 1. The third-order valence-electron chi connectivity index (χ3n) is 14.5. The molecule has 5 heteroatoms. The van der Waals surface area contributed by atoms with Gasteiger partial charge in [-0.05, 0) is 90.3 Å². The van der Waals surface area contributed by atoms with Crippen LogP contribution in [-0.2, 0) is 9.47 Å². The second-order valence-electron chi connectivity index (χ2n) is 15.8. The monoisotopic (exact) mass is 488 g/mol. The average molecular weight is 489 g/mol. The molecule has 7 fully saturated rings. The Hall–Kier alpha value is -0.200. The second kappa shape index (κ2) is 6.33. The van der Waals surface area contributed by atoms with Gasteiger partial charge in [0.2, 0.25) is 0 Å².